The Bertz CT molecular complexity index is 871. The number of ether oxygens (including phenoxy) is 1. The van der Waals surface area contributed by atoms with Gasteiger partial charge >= 0.3 is 5.97 Å². The Morgan fingerprint density at radius 2 is 2.04 bits per heavy atom. The van der Waals surface area contributed by atoms with E-state index in [-0.39, 0.29) is 22.8 Å². The molecule has 9 nitrogen and oxygen atoms in total. The summed E-state index contributed by atoms with van der Waals surface area (Å²) >= 11 is 1.21. The van der Waals surface area contributed by atoms with Crippen LogP contribution in [0.2, 0.25) is 0 Å². The predicted octanol–water partition coefficient (Wildman–Crippen LogP) is 1.18. The molecule has 11 heteroatoms. The Balaban J connectivity index is 2.19. The number of rotatable bonds is 7. The molecular weight excluding hydrogens is 368 g/mol. The smallest absolute Gasteiger partial charge is 0.341 e. The Hall–Kier alpha value is -2.24. The predicted molar refractivity (Wildman–Crippen MR) is 92.2 cm³/mol. The van der Waals surface area contributed by atoms with E-state index in [0.29, 0.717) is 10.8 Å². The first-order valence-electron chi connectivity index (χ1n) is 7.31. The summed E-state index contributed by atoms with van der Waals surface area (Å²) < 4.78 is 32.2. The lowest BCUT2D eigenvalue weighted by Crippen LogP contribution is -2.33. The molecule has 2 rings (SSSR count). The first kappa shape index (κ1) is 19.1. The van der Waals surface area contributed by atoms with Crippen molar-refractivity contribution < 1.29 is 22.7 Å². The Labute approximate surface area is 148 Å². The molecule has 2 aromatic heterocycles. The highest BCUT2D eigenvalue weighted by Crippen LogP contribution is 2.24. The van der Waals surface area contributed by atoms with Gasteiger partial charge in [0.2, 0.25) is 15.9 Å². The van der Waals surface area contributed by atoms with E-state index in [1.165, 1.54) is 24.5 Å². The van der Waals surface area contributed by atoms with Gasteiger partial charge in [0.1, 0.15) is 10.5 Å². The maximum atomic E-state index is 12.6. The number of sulfonamides is 1. The summed E-state index contributed by atoms with van der Waals surface area (Å²) in [6.07, 6.45) is 1.52. The highest BCUT2D eigenvalue weighted by atomic mass is 32.2. The molecule has 0 radical (unpaired) electrons. The minimum atomic E-state index is -4.10. The number of aryl methyl sites for hydroxylation is 2. The maximum absolute atomic E-state index is 12.6. The number of carbonyl (C=O) groups excluding carboxylic acids is 2. The number of amides is 1. The normalized spacial score (nSPS) is 11.3. The lowest BCUT2D eigenvalue weighted by atomic mass is 10.2. The maximum Gasteiger partial charge on any atom is 0.341 e. The zero-order valence-electron chi connectivity index (χ0n) is 13.9. The quantitative estimate of drug-likeness (QED) is 0.613. The van der Waals surface area contributed by atoms with Gasteiger partial charge in [0, 0.05) is 23.0 Å². The second-order valence-corrected chi connectivity index (χ2v) is 7.61. The van der Waals surface area contributed by atoms with E-state index in [1.54, 1.807) is 19.2 Å². The average molecular weight is 386 g/mol. The number of hydrogen-bond acceptors (Lipinski definition) is 7. The van der Waals surface area contributed by atoms with Crippen molar-refractivity contribution in [1.29, 1.82) is 0 Å². The molecule has 0 aliphatic carbocycles. The van der Waals surface area contributed by atoms with Gasteiger partial charge in [-0.05, 0) is 20.8 Å². The van der Waals surface area contributed by atoms with Crippen molar-refractivity contribution in [2.45, 2.75) is 25.7 Å². The topological polar surface area (TPSA) is 130 Å². The van der Waals surface area contributed by atoms with Crippen LogP contribution in [-0.4, -0.2) is 43.4 Å². The van der Waals surface area contributed by atoms with E-state index in [4.69, 9.17) is 4.74 Å². The summed E-state index contributed by atoms with van der Waals surface area (Å²) in [6.45, 7) is 4.36. The third kappa shape index (κ3) is 4.44. The van der Waals surface area contributed by atoms with Crippen molar-refractivity contribution in [2.24, 2.45) is 0 Å². The molecule has 0 fully saturated rings. The summed E-state index contributed by atoms with van der Waals surface area (Å²) in [4.78, 5) is 30.4. The molecule has 0 saturated heterocycles. The van der Waals surface area contributed by atoms with E-state index in [2.05, 4.69) is 20.0 Å². The molecule has 1 amide bonds. The van der Waals surface area contributed by atoms with Crippen LogP contribution in [0.25, 0.3) is 0 Å². The van der Waals surface area contributed by atoms with Crippen molar-refractivity contribution >= 4 is 38.4 Å². The minimum Gasteiger partial charge on any atom is -0.462 e. The molecule has 2 heterocycles. The Kier molecular flexibility index (Phi) is 5.93. The molecule has 0 bridgehead atoms. The number of aromatic amines is 1. The highest BCUT2D eigenvalue weighted by molar-refractivity contribution is 7.89. The number of esters is 1. The first-order valence-corrected chi connectivity index (χ1v) is 9.67. The molecule has 0 aromatic carbocycles. The van der Waals surface area contributed by atoms with Crippen LogP contribution in [0.15, 0.2) is 16.5 Å². The molecule has 0 aliphatic heterocycles. The molecule has 2 aromatic rings. The van der Waals surface area contributed by atoms with Gasteiger partial charge in [-0.15, -0.1) is 11.3 Å². The van der Waals surface area contributed by atoms with Crippen LogP contribution in [0.1, 0.15) is 28.7 Å². The van der Waals surface area contributed by atoms with Crippen LogP contribution in [-0.2, 0) is 19.6 Å². The molecule has 25 heavy (non-hydrogen) atoms. The summed E-state index contributed by atoms with van der Waals surface area (Å²) in [6, 6.07) is 0. The third-order valence-electron chi connectivity index (χ3n) is 3.17. The van der Waals surface area contributed by atoms with Gasteiger partial charge < -0.3 is 15.0 Å². The van der Waals surface area contributed by atoms with Crippen molar-refractivity contribution in [3.05, 3.63) is 28.5 Å². The first-order chi connectivity index (χ1) is 11.8. The largest absolute Gasteiger partial charge is 0.462 e. The average Bonchev–Trinajstić information content (AvgIpc) is 3.13. The fraction of sp³-hybridized carbons (Fsp3) is 0.357. The van der Waals surface area contributed by atoms with Crippen LogP contribution in [0.5, 0.6) is 0 Å². The van der Waals surface area contributed by atoms with E-state index in [1.807, 2.05) is 0 Å². The van der Waals surface area contributed by atoms with Crippen molar-refractivity contribution in [1.82, 2.24) is 14.7 Å². The van der Waals surface area contributed by atoms with E-state index >= 15 is 0 Å². The van der Waals surface area contributed by atoms with Crippen LogP contribution < -0.4 is 10.0 Å². The molecule has 136 valence electrons. The minimum absolute atomic E-state index is 0.0628. The van der Waals surface area contributed by atoms with Crippen LogP contribution in [0, 0.1) is 13.8 Å². The number of hydrogen-bond donors (Lipinski definition) is 3. The van der Waals surface area contributed by atoms with E-state index in [9.17, 15) is 18.0 Å². The van der Waals surface area contributed by atoms with Gasteiger partial charge in [-0.2, -0.15) is 0 Å². The third-order valence-corrected chi connectivity index (χ3v) is 5.43. The van der Waals surface area contributed by atoms with E-state index < -0.39 is 28.4 Å². The summed E-state index contributed by atoms with van der Waals surface area (Å²) in [7, 11) is -4.10. The van der Waals surface area contributed by atoms with Crippen LogP contribution in [0.4, 0.5) is 5.13 Å². The van der Waals surface area contributed by atoms with Crippen molar-refractivity contribution in [3.63, 3.8) is 0 Å². The molecule has 0 unspecified atom stereocenters. The lowest BCUT2D eigenvalue weighted by molar-refractivity contribution is -0.115. The van der Waals surface area contributed by atoms with Crippen LogP contribution in [0.3, 0.4) is 0 Å². The van der Waals surface area contributed by atoms with Gasteiger partial charge in [-0.3, -0.25) is 4.79 Å². The van der Waals surface area contributed by atoms with Crippen molar-refractivity contribution in [3.8, 4) is 0 Å². The Morgan fingerprint density at radius 3 is 2.64 bits per heavy atom. The lowest BCUT2D eigenvalue weighted by Gasteiger charge is -2.09. The second kappa shape index (κ2) is 7.76. The molecule has 0 spiro atoms. The molecule has 0 aliphatic rings. The fourth-order valence-corrected chi connectivity index (χ4v) is 4.19. The highest BCUT2D eigenvalue weighted by Gasteiger charge is 2.30. The van der Waals surface area contributed by atoms with Crippen LogP contribution >= 0.6 is 11.3 Å². The van der Waals surface area contributed by atoms with Crippen molar-refractivity contribution in [2.75, 3.05) is 18.5 Å². The number of nitrogens with zero attached hydrogens (tertiary/aromatic N) is 1. The monoisotopic (exact) mass is 386 g/mol. The number of aromatic nitrogens is 2. The number of nitrogens with one attached hydrogen (secondary N) is 3. The SMILES string of the molecule is CCOC(=O)c1c(C)[nH]c(C)c1S(=O)(=O)NCC(=O)Nc1nccs1. The Morgan fingerprint density at radius 1 is 1.32 bits per heavy atom. The molecular formula is C14H18N4O5S2. The second-order valence-electron chi connectivity index (χ2n) is 5.01. The summed E-state index contributed by atoms with van der Waals surface area (Å²) in [5.41, 5.74) is 0.601. The van der Waals surface area contributed by atoms with Gasteiger partial charge in [-0.1, -0.05) is 0 Å². The summed E-state index contributed by atoms with van der Waals surface area (Å²) in [5.74, 6) is -1.31. The zero-order chi connectivity index (χ0) is 18.6. The zero-order valence-corrected chi connectivity index (χ0v) is 15.5. The fourth-order valence-electron chi connectivity index (χ4n) is 2.22. The van der Waals surface area contributed by atoms with E-state index in [0.717, 1.165) is 0 Å². The number of anilines is 1. The van der Waals surface area contributed by atoms with Gasteiger partial charge in [0.15, 0.2) is 5.13 Å². The number of thiazole rings is 1. The number of carbonyl (C=O) groups is 2. The van der Waals surface area contributed by atoms with Gasteiger partial charge in [0.05, 0.1) is 13.2 Å². The standard InChI is InChI=1S/C14H18N4O5S2/c1-4-23-13(20)11-8(2)17-9(3)12(11)25(21,22)16-7-10(19)18-14-15-5-6-24-14/h5-6,16-17H,4,7H2,1-3H3,(H,15,18,19). The molecule has 0 saturated carbocycles. The molecule has 0 atom stereocenters. The van der Waals surface area contributed by atoms with Gasteiger partial charge in [0.25, 0.3) is 0 Å². The number of H-pyrrole nitrogens is 1. The van der Waals surface area contributed by atoms with Gasteiger partial charge in [-0.25, -0.2) is 22.9 Å². The summed E-state index contributed by atoms with van der Waals surface area (Å²) in [5, 5.41) is 4.51. The molecule has 3 N–H and O–H groups in total.